The molecule has 2 aliphatic rings. The first-order valence-corrected chi connectivity index (χ1v) is 6.35. The number of hydrogen-bond donors (Lipinski definition) is 2. The Morgan fingerprint density at radius 3 is 2.78 bits per heavy atom. The van der Waals surface area contributed by atoms with Gasteiger partial charge in [-0.05, 0) is 19.8 Å². The molecule has 1 unspecified atom stereocenters. The van der Waals surface area contributed by atoms with Crippen LogP contribution < -0.4 is 5.32 Å². The van der Waals surface area contributed by atoms with Gasteiger partial charge < -0.3 is 20.1 Å². The first-order chi connectivity index (χ1) is 8.48. The molecule has 0 aromatic rings. The molecule has 2 saturated heterocycles. The molecule has 2 aliphatic heterocycles. The molecule has 102 valence electrons. The molecule has 0 aliphatic carbocycles. The van der Waals surface area contributed by atoms with Gasteiger partial charge in [-0.1, -0.05) is 0 Å². The van der Waals surface area contributed by atoms with E-state index < -0.39 is 5.97 Å². The topological polar surface area (TPSA) is 78.9 Å². The average Bonchev–Trinajstić information content (AvgIpc) is 2.22. The lowest BCUT2D eigenvalue weighted by molar-refractivity contribution is -0.139. The molecular weight excluding hydrogens is 236 g/mol. The lowest BCUT2D eigenvalue weighted by Crippen LogP contribution is -2.60. The molecule has 2 heterocycles. The monoisotopic (exact) mass is 256 g/mol. The molecule has 2 amide bonds. The molecule has 6 nitrogen and oxygen atoms in total. The lowest BCUT2D eigenvalue weighted by atomic mass is 9.94. The van der Waals surface area contributed by atoms with E-state index in [-0.39, 0.29) is 23.9 Å². The number of carboxylic acids is 1. The Hall–Kier alpha value is -1.30. The number of carboxylic acid groups (broad SMARTS) is 1. The van der Waals surface area contributed by atoms with Crippen LogP contribution in [0, 0.1) is 5.92 Å². The van der Waals surface area contributed by atoms with Gasteiger partial charge in [-0.3, -0.25) is 4.79 Å². The third kappa shape index (κ3) is 3.13. The summed E-state index contributed by atoms with van der Waals surface area (Å²) in [5.41, 5.74) is -0.285. The van der Waals surface area contributed by atoms with E-state index in [2.05, 4.69) is 5.32 Å². The van der Waals surface area contributed by atoms with Crippen LogP contribution in [0.25, 0.3) is 0 Å². The number of urea groups is 1. The third-order valence-corrected chi connectivity index (χ3v) is 3.55. The summed E-state index contributed by atoms with van der Waals surface area (Å²) in [4.78, 5) is 24.1. The van der Waals surface area contributed by atoms with Crippen molar-refractivity contribution in [2.75, 3.05) is 26.3 Å². The van der Waals surface area contributed by atoms with Crippen molar-refractivity contribution in [1.82, 2.24) is 10.2 Å². The van der Waals surface area contributed by atoms with Gasteiger partial charge in [0.05, 0.1) is 18.6 Å². The van der Waals surface area contributed by atoms with Gasteiger partial charge >= 0.3 is 12.0 Å². The zero-order valence-electron chi connectivity index (χ0n) is 10.6. The second-order valence-corrected chi connectivity index (χ2v) is 5.52. The maximum absolute atomic E-state index is 11.9. The van der Waals surface area contributed by atoms with Crippen LogP contribution in [0.3, 0.4) is 0 Å². The number of amides is 2. The number of aliphatic carboxylic acids is 1. The van der Waals surface area contributed by atoms with E-state index in [1.807, 2.05) is 6.92 Å². The Labute approximate surface area is 106 Å². The highest BCUT2D eigenvalue weighted by Crippen LogP contribution is 2.22. The molecule has 1 atom stereocenters. The molecule has 0 aromatic carbocycles. The fourth-order valence-electron chi connectivity index (χ4n) is 2.48. The van der Waals surface area contributed by atoms with E-state index in [1.54, 1.807) is 4.90 Å². The minimum Gasteiger partial charge on any atom is -0.481 e. The van der Waals surface area contributed by atoms with Crippen molar-refractivity contribution in [2.45, 2.75) is 31.7 Å². The highest BCUT2D eigenvalue weighted by atomic mass is 16.5. The molecule has 6 heteroatoms. The van der Waals surface area contributed by atoms with Gasteiger partial charge in [-0.15, -0.1) is 0 Å². The van der Waals surface area contributed by atoms with Gasteiger partial charge in [0.15, 0.2) is 0 Å². The van der Waals surface area contributed by atoms with E-state index in [1.165, 1.54) is 0 Å². The Morgan fingerprint density at radius 2 is 2.22 bits per heavy atom. The summed E-state index contributed by atoms with van der Waals surface area (Å²) in [6.07, 6.45) is 2.02. The standard InChI is InChI=1S/C12H20N2O4/c1-12(3-2-4-18-8-12)13-11(17)14-6-9(7-14)5-10(15)16/h9H,2-8H2,1H3,(H,13,17)(H,15,16). The van der Waals surface area contributed by atoms with E-state index in [0.717, 1.165) is 19.4 Å². The normalized spacial score (nSPS) is 28.6. The summed E-state index contributed by atoms with van der Waals surface area (Å²) in [5.74, 6) is -0.698. The van der Waals surface area contributed by atoms with Crippen LogP contribution in [0.2, 0.25) is 0 Å². The summed E-state index contributed by atoms with van der Waals surface area (Å²) in [6.45, 7) is 4.36. The maximum atomic E-state index is 11.9. The van der Waals surface area contributed by atoms with E-state index >= 15 is 0 Å². The fraction of sp³-hybridized carbons (Fsp3) is 0.833. The van der Waals surface area contributed by atoms with Crippen molar-refractivity contribution in [3.63, 3.8) is 0 Å². The van der Waals surface area contributed by atoms with Gasteiger partial charge in [0.25, 0.3) is 0 Å². The number of rotatable bonds is 3. The molecule has 0 radical (unpaired) electrons. The van der Waals surface area contributed by atoms with Crippen molar-refractivity contribution in [3.8, 4) is 0 Å². The second-order valence-electron chi connectivity index (χ2n) is 5.52. The molecule has 0 aromatic heterocycles. The van der Waals surface area contributed by atoms with Gasteiger partial charge in [-0.2, -0.15) is 0 Å². The maximum Gasteiger partial charge on any atom is 0.317 e. The van der Waals surface area contributed by atoms with Crippen molar-refractivity contribution >= 4 is 12.0 Å². The van der Waals surface area contributed by atoms with Crippen LogP contribution in [0.15, 0.2) is 0 Å². The third-order valence-electron chi connectivity index (χ3n) is 3.55. The van der Waals surface area contributed by atoms with Crippen LogP contribution in [0.1, 0.15) is 26.2 Å². The van der Waals surface area contributed by atoms with Gasteiger partial charge in [0.2, 0.25) is 0 Å². The summed E-state index contributed by atoms with van der Waals surface area (Å²) in [7, 11) is 0. The molecule has 18 heavy (non-hydrogen) atoms. The summed E-state index contributed by atoms with van der Waals surface area (Å²) in [5, 5.41) is 11.6. The highest BCUT2D eigenvalue weighted by Gasteiger charge is 2.36. The summed E-state index contributed by atoms with van der Waals surface area (Å²) >= 11 is 0. The minimum atomic E-state index is -0.798. The zero-order chi connectivity index (χ0) is 13.2. The van der Waals surface area contributed by atoms with Crippen LogP contribution in [-0.4, -0.2) is 53.8 Å². The van der Waals surface area contributed by atoms with E-state index in [4.69, 9.17) is 9.84 Å². The molecular formula is C12H20N2O4. The predicted octanol–water partition coefficient (Wildman–Crippen LogP) is 0.672. The van der Waals surface area contributed by atoms with Crippen LogP contribution >= 0.6 is 0 Å². The first-order valence-electron chi connectivity index (χ1n) is 6.35. The van der Waals surface area contributed by atoms with E-state index in [9.17, 15) is 9.59 Å². The Morgan fingerprint density at radius 1 is 1.50 bits per heavy atom. The molecule has 2 N–H and O–H groups in total. The quantitative estimate of drug-likeness (QED) is 0.778. The average molecular weight is 256 g/mol. The second kappa shape index (κ2) is 5.14. The Bertz CT molecular complexity index is 333. The van der Waals surface area contributed by atoms with Crippen LogP contribution in [-0.2, 0) is 9.53 Å². The number of carbonyl (C=O) groups excluding carboxylic acids is 1. The number of carbonyl (C=O) groups is 2. The molecule has 2 rings (SSSR count). The van der Waals surface area contributed by atoms with Crippen LogP contribution in [0.5, 0.6) is 0 Å². The minimum absolute atomic E-state index is 0.101. The van der Waals surface area contributed by atoms with Crippen LogP contribution in [0.4, 0.5) is 4.79 Å². The SMILES string of the molecule is CC1(NC(=O)N2CC(CC(=O)O)C2)CCCOC1. The number of hydrogen-bond acceptors (Lipinski definition) is 3. The first kappa shape index (κ1) is 13.1. The number of ether oxygens (including phenoxy) is 1. The number of likely N-dealkylation sites (tertiary alicyclic amines) is 1. The zero-order valence-corrected chi connectivity index (χ0v) is 10.6. The summed E-state index contributed by atoms with van der Waals surface area (Å²) < 4.78 is 5.38. The molecule has 0 spiro atoms. The van der Waals surface area contributed by atoms with Crippen molar-refractivity contribution in [3.05, 3.63) is 0 Å². The molecule has 0 bridgehead atoms. The lowest BCUT2D eigenvalue weighted by Gasteiger charge is -2.42. The molecule has 0 saturated carbocycles. The Kier molecular flexibility index (Phi) is 3.75. The number of nitrogens with one attached hydrogen (secondary N) is 1. The number of nitrogens with zero attached hydrogens (tertiary/aromatic N) is 1. The van der Waals surface area contributed by atoms with E-state index in [0.29, 0.717) is 19.7 Å². The fourth-order valence-corrected chi connectivity index (χ4v) is 2.48. The van der Waals surface area contributed by atoms with Crippen molar-refractivity contribution in [2.24, 2.45) is 5.92 Å². The molecule has 2 fully saturated rings. The van der Waals surface area contributed by atoms with Gasteiger partial charge in [0, 0.05) is 25.6 Å². The van der Waals surface area contributed by atoms with Crippen molar-refractivity contribution in [1.29, 1.82) is 0 Å². The largest absolute Gasteiger partial charge is 0.481 e. The van der Waals surface area contributed by atoms with Crippen molar-refractivity contribution < 1.29 is 19.4 Å². The highest BCUT2D eigenvalue weighted by molar-refractivity contribution is 5.76. The predicted molar refractivity (Wildman–Crippen MR) is 64.3 cm³/mol. The smallest absolute Gasteiger partial charge is 0.317 e. The summed E-state index contributed by atoms with van der Waals surface area (Å²) in [6, 6.07) is -0.107. The van der Waals surface area contributed by atoms with Gasteiger partial charge in [0.1, 0.15) is 0 Å². The van der Waals surface area contributed by atoms with Gasteiger partial charge in [-0.25, -0.2) is 4.79 Å². The Balaban J connectivity index is 1.74.